The van der Waals surface area contributed by atoms with E-state index in [1.807, 2.05) is 0 Å². The molecule has 0 unspecified atom stereocenters. The molecule has 0 saturated carbocycles. The highest BCUT2D eigenvalue weighted by Gasteiger charge is 2.48. The Labute approximate surface area is 170 Å². The average Bonchev–Trinajstić information content (AvgIpc) is 2.57. The fraction of sp³-hybridized carbons (Fsp3) is 0.667. The summed E-state index contributed by atoms with van der Waals surface area (Å²) in [5, 5.41) is 2.74. The Kier molecular flexibility index (Phi) is 6.69. The van der Waals surface area contributed by atoms with Gasteiger partial charge in [0.1, 0.15) is 12.1 Å². The lowest BCUT2D eigenvalue weighted by molar-refractivity contribution is -0.300. The highest BCUT2D eigenvalue weighted by Crippen LogP contribution is 2.34. The molecule has 0 aliphatic carbocycles. The summed E-state index contributed by atoms with van der Waals surface area (Å²) in [6.45, 7) is 4.96. The normalized spacial score (nSPS) is 21.9. The Hall–Kier alpha value is -2.37. The van der Waals surface area contributed by atoms with Gasteiger partial charge in [0.05, 0.1) is 24.8 Å². The second kappa shape index (κ2) is 8.40. The third-order valence-electron chi connectivity index (χ3n) is 4.16. The minimum Gasteiger partial charge on any atom is -0.493 e. The second-order valence-electron chi connectivity index (χ2n) is 7.79. The minimum atomic E-state index is -4.61. The number of pyridine rings is 1. The van der Waals surface area contributed by atoms with Crippen molar-refractivity contribution in [3.05, 3.63) is 17.8 Å². The van der Waals surface area contributed by atoms with E-state index in [4.69, 9.17) is 9.47 Å². The first-order valence-electron chi connectivity index (χ1n) is 9.03. The predicted molar refractivity (Wildman–Crippen MR) is 96.5 cm³/mol. The molecule has 170 valence electrons. The van der Waals surface area contributed by atoms with Crippen LogP contribution in [0.25, 0.3) is 0 Å². The Morgan fingerprint density at radius 2 is 2.00 bits per heavy atom. The zero-order valence-corrected chi connectivity index (χ0v) is 17.1. The molecule has 2 heterocycles. The van der Waals surface area contributed by atoms with Gasteiger partial charge in [0.15, 0.2) is 11.6 Å². The summed E-state index contributed by atoms with van der Waals surface area (Å²) in [5.41, 5.74) is -1.92. The zero-order chi connectivity index (χ0) is 22.9. The van der Waals surface area contributed by atoms with E-state index in [-0.39, 0.29) is 18.1 Å². The van der Waals surface area contributed by atoms with Gasteiger partial charge in [-0.3, -0.25) is 4.90 Å². The van der Waals surface area contributed by atoms with E-state index in [0.717, 1.165) is 11.0 Å². The molecule has 30 heavy (non-hydrogen) atoms. The van der Waals surface area contributed by atoms with E-state index < -0.39 is 48.2 Å². The zero-order valence-electron chi connectivity index (χ0n) is 17.1. The SMILES string of the molecule is COc1cc(C(F)(F)F)cnc1NC[C@@H]1[C@H](C)OC(F)(F)CN1C(=O)OC(C)(C)C. The molecule has 1 aliphatic heterocycles. The summed E-state index contributed by atoms with van der Waals surface area (Å²) in [5.74, 6) is -0.234. The lowest BCUT2D eigenvalue weighted by Gasteiger charge is -2.43. The first kappa shape index (κ1) is 23.9. The van der Waals surface area contributed by atoms with Crippen molar-refractivity contribution in [1.82, 2.24) is 9.88 Å². The van der Waals surface area contributed by atoms with Crippen LogP contribution in [0.1, 0.15) is 33.3 Å². The first-order valence-corrected chi connectivity index (χ1v) is 9.03. The summed E-state index contributed by atoms with van der Waals surface area (Å²) in [7, 11) is 1.17. The third kappa shape index (κ3) is 6.07. The summed E-state index contributed by atoms with van der Waals surface area (Å²) in [6.07, 6.45) is -9.63. The van der Waals surface area contributed by atoms with Gasteiger partial charge in [0, 0.05) is 12.7 Å². The molecule has 1 saturated heterocycles. The van der Waals surface area contributed by atoms with Gasteiger partial charge in [-0.15, -0.1) is 0 Å². The van der Waals surface area contributed by atoms with Crippen LogP contribution >= 0.6 is 0 Å². The second-order valence-corrected chi connectivity index (χ2v) is 7.79. The molecule has 0 radical (unpaired) electrons. The van der Waals surface area contributed by atoms with E-state index >= 15 is 0 Å². The lowest BCUT2D eigenvalue weighted by atomic mass is 10.1. The van der Waals surface area contributed by atoms with Gasteiger partial charge in [0.25, 0.3) is 0 Å². The number of ether oxygens (including phenoxy) is 3. The van der Waals surface area contributed by atoms with Gasteiger partial charge in [-0.2, -0.15) is 22.0 Å². The van der Waals surface area contributed by atoms with Crippen LogP contribution in [0.4, 0.5) is 32.6 Å². The maximum atomic E-state index is 13.9. The van der Waals surface area contributed by atoms with Gasteiger partial charge in [-0.1, -0.05) is 0 Å². The largest absolute Gasteiger partial charge is 0.493 e. The van der Waals surface area contributed by atoms with E-state index in [1.54, 1.807) is 20.8 Å². The molecular formula is C18H24F5N3O4. The Balaban J connectivity index is 2.22. The molecule has 1 aromatic rings. The van der Waals surface area contributed by atoms with Crippen molar-refractivity contribution in [3.63, 3.8) is 0 Å². The van der Waals surface area contributed by atoms with Crippen LogP contribution in [0.3, 0.4) is 0 Å². The van der Waals surface area contributed by atoms with E-state index in [2.05, 4.69) is 15.0 Å². The van der Waals surface area contributed by atoms with Crippen LogP contribution in [0.2, 0.25) is 0 Å². The monoisotopic (exact) mass is 441 g/mol. The van der Waals surface area contributed by atoms with Crippen molar-refractivity contribution in [3.8, 4) is 5.75 Å². The Morgan fingerprint density at radius 3 is 2.53 bits per heavy atom. The molecular weight excluding hydrogens is 417 g/mol. The lowest BCUT2D eigenvalue weighted by Crippen LogP contribution is -2.61. The number of carbonyl (C=O) groups is 1. The number of morpholine rings is 1. The molecule has 7 nitrogen and oxygen atoms in total. The van der Waals surface area contributed by atoms with Crippen molar-refractivity contribution in [2.24, 2.45) is 0 Å². The summed E-state index contributed by atoms with van der Waals surface area (Å²) >= 11 is 0. The number of anilines is 1. The maximum absolute atomic E-state index is 13.9. The van der Waals surface area contributed by atoms with Crippen LogP contribution < -0.4 is 10.1 Å². The molecule has 2 rings (SSSR count). The van der Waals surface area contributed by atoms with Gasteiger partial charge in [0.2, 0.25) is 0 Å². The molecule has 2 atom stereocenters. The number of hydrogen-bond donors (Lipinski definition) is 1. The predicted octanol–water partition coefficient (Wildman–Crippen LogP) is 4.14. The van der Waals surface area contributed by atoms with Gasteiger partial charge < -0.3 is 19.5 Å². The summed E-state index contributed by atoms with van der Waals surface area (Å²) < 4.78 is 81.1. The van der Waals surface area contributed by atoms with Crippen molar-refractivity contribution < 1.29 is 41.0 Å². The number of hydrogen-bond acceptors (Lipinski definition) is 6. The standard InChI is InChI=1S/C18H24F5N3O4/c1-10-12(26(9-17(19,20)29-10)15(27)30-16(2,3)4)8-25-14-13(28-5)6-11(7-24-14)18(21,22)23/h6-7,10,12H,8-9H2,1-5H3,(H,24,25)/t10-,12+/m0/s1. The van der Waals surface area contributed by atoms with Gasteiger partial charge in [-0.05, 0) is 33.8 Å². The van der Waals surface area contributed by atoms with E-state index in [0.29, 0.717) is 6.20 Å². The number of methoxy groups -OCH3 is 1. The van der Waals surface area contributed by atoms with E-state index in [1.165, 1.54) is 14.0 Å². The quantitative estimate of drug-likeness (QED) is 0.709. The first-order chi connectivity index (χ1) is 13.6. The van der Waals surface area contributed by atoms with Crippen molar-refractivity contribution >= 4 is 11.9 Å². The number of amides is 1. The van der Waals surface area contributed by atoms with Crippen molar-refractivity contribution in [2.75, 3.05) is 25.5 Å². The van der Waals surface area contributed by atoms with E-state index in [9.17, 15) is 26.7 Å². The fourth-order valence-electron chi connectivity index (χ4n) is 2.84. The Morgan fingerprint density at radius 1 is 1.37 bits per heavy atom. The minimum absolute atomic E-state index is 0.0424. The van der Waals surface area contributed by atoms with Crippen LogP contribution in [0.15, 0.2) is 12.3 Å². The molecule has 1 aromatic heterocycles. The molecule has 0 bridgehead atoms. The third-order valence-corrected chi connectivity index (χ3v) is 4.16. The number of halogens is 5. The summed E-state index contributed by atoms with van der Waals surface area (Å²) in [6, 6.07) is -0.149. The average molecular weight is 441 g/mol. The number of carbonyl (C=O) groups excluding carboxylic acids is 1. The van der Waals surface area contributed by atoms with Crippen LogP contribution in [-0.4, -0.2) is 60.0 Å². The molecule has 1 amide bonds. The number of alkyl halides is 5. The molecule has 0 aromatic carbocycles. The molecule has 1 aliphatic rings. The number of rotatable bonds is 4. The van der Waals surface area contributed by atoms with Crippen molar-refractivity contribution in [1.29, 1.82) is 0 Å². The summed E-state index contributed by atoms with van der Waals surface area (Å²) in [4.78, 5) is 17.0. The molecule has 1 fully saturated rings. The van der Waals surface area contributed by atoms with Crippen LogP contribution in [-0.2, 0) is 15.7 Å². The highest BCUT2D eigenvalue weighted by atomic mass is 19.4. The van der Waals surface area contributed by atoms with Crippen molar-refractivity contribution in [2.45, 2.75) is 57.7 Å². The molecule has 12 heteroatoms. The van der Waals surface area contributed by atoms with Gasteiger partial charge >= 0.3 is 18.4 Å². The maximum Gasteiger partial charge on any atom is 0.418 e. The van der Waals surface area contributed by atoms with Crippen LogP contribution in [0, 0.1) is 0 Å². The molecule has 0 spiro atoms. The van der Waals surface area contributed by atoms with Crippen LogP contribution in [0.5, 0.6) is 5.75 Å². The smallest absolute Gasteiger partial charge is 0.418 e. The topological polar surface area (TPSA) is 72.9 Å². The number of nitrogens with one attached hydrogen (secondary N) is 1. The number of aromatic nitrogens is 1. The highest BCUT2D eigenvalue weighted by molar-refractivity contribution is 5.69. The number of nitrogens with zero attached hydrogens (tertiary/aromatic N) is 2. The van der Waals surface area contributed by atoms with Gasteiger partial charge in [-0.25, -0.2) is 9.78 Å². The molecule has 1 N–H and O–H groups in total. The fourth-order valence-corrected chi connectivity index (χ4v) is 2.84. The Bertz CT molecular complexity index is 767.